The van der Waals surface area contributed by atoms with E-state index in [2.05, 4.69) is 0 Å². The van der Waals surface area contributed by atoms with Crippen LogP contribution in [0, 0.1) is 11.6 Å². The van der Waals surface area contributed by atoms with E-state index in [4.69, 9.17) is 10.5 Å². The van der Waals surface area contributed by atoms with Gasteiger partial charge in [0.1, 0.15) is 11.6 Å². The van der Waals surface area contributed by atoms with Crippen molar-refractivity contribution in [2.24, 2.45) is 5.73 Å². The Morgan fingerprint density at radius 1 is 0.731 bits per heavy atom. The highest BCUT2D eigenvalue weighted by Crippen LogP contribution is 2.37. The van der Waals surface area contributed by atoms with Crippen molar-refractivity contribution < 1.29 is 13.5 Å². The molecule has 0 spiro atoms. The van der Waals surface area contributed by atoms with Crippen LogP contribution < -0.4 is 5.73 Å². The van der Waals surface area contributed by atoms with E-state index in [9.17, 15) is 8.78 Å². The molecule has 0 bridgehead atoms. The molecular weight excluding hydrogens is 332 g/mol. The Hall–Kier alpha value is -2.56. The quantitative estimate of drug-likeness (QED) is 0.595. The van der Waals surface area contributed by atoms with E-state index >= 15 is 0 Å². The van der Waals surface area contributed by atoms with Gasteiger partial charge < -0.3 is 10.5 Å². The predicted molar refractivity (Wildman–Crippen MR) is 101 cm³/mol. The van der Waals surface area contributed by atoms with Crippen molar-refractivity contribution in [1.82, 2.24) is 0 Å². The van der Waals surface area contributed by atoms with E-state index in [0.29, 0.717) is 42.0 Å². The predicted octanol–water partition coefficient (Wildman–Crippen LogP) is 5.16. The van der Waals surface area contributed by atoms with Gasteiger partial charge in [0, 0.05) is 17.7 Å². The molecule has 0 heterocycles. The summed E-state index contributed by atoms with van der Waals surface area (Å²) in [7, 11) is 0. The van der Waals surface area contributed by atoms with Gasteiger partial charge >= 0.3 is 0 Å². The zero-order valence-electron chi connectivity index (χ0n) is 14.4. The van der Waals surface area contributed by atoms with Crippen molar-refractivity contribution in [1.29, 1.82) is 0 Å². The third kappa shape index (κ3) is 3.98. The maximum absolute atomic E-state index is 14.5. The molecule has 26 heavy (non-hydrogen) atoms. The van der Waals surface area contributed by atoms with Crippen LogP contribution in [0.3, 0.4) is 0 Å². The number of hydrogen-bond acceptors (Lipinski definition) is 2. The third-order valence-corrected chi connectivity index (χ3v) is 4.21. The number of rotatable bonds is 7. The average molecular weight is 353 g/mol. The van der Waals surface area contributed by atoms with Gasteiger partial charge in [-0.25, -0.2) is 8.78 Å². The fourth-order valence-corrected chi connectivity index (χ4v) is 2.97. The molecule has 3 aromatic rings. The monoisotopic (exact) mass is 353 g/mol. The normalized spacial score (nSPS) is 10.9. The second-order valence-corrected chi connectivity index (χ2v) is 5.99. The third-order valence-electron chi connectivity index (χ3n) is 4.21. The molecule has 134 valence electrons. The van der Waals surface area contributed by atoms with Crippen LogP contribution >= 0.6 is 0 Å². The van der Waals surface area contributed by atoms with Crippen LogP contribution in [-0.4, -0.2) is 13.2 Å². The lowest BCUT2D eigenvalue weighted by atomic mass is 9.90. The molecule has 0 radical (unpaired) electrons. The number of nitrogens with two attached hydrogens (primary N) is 1. The molecule has 0 saturated heterocycles. The number of ether oxygens (including phenoxy) is 1. The highest BCUT2D eigenvalue weighted by Gasteiger charge is 2.17. The topological polar surface area (TPSA) is 35.2 Å². The molecule has 3 aromatic carbocycles. The van der Waals surface area contributed by atoms with Crippen LogP contribution in [0.15, 0.2) is 66.7 Å². The Kier molecular flexibility index (Phi) is 6.10. The summed E-state index contributed by atoms with van der Waals surface area (Å²) in [5.74, 6) is -0.689. The molecule has 0 aliphatic heterocycles. The van der Waals surface area contributed by atoms with E-state index in [1.54, 1.807) is 36.4 Å². The van der Waals surface area contributed by atoms with Crippen molar-refractivity contribution in [3.63, 3.8) is 0 Å². The molecule has 0 aliphatic rings. The molecule has 4 heteroatoms. The second kappa shape index (κ2) is 8.70. The molecular formula is C22H21F2NO. The zero-order chi connectivity index (χ0) is 18.4. The van der Waals surface area contributed by atoms with E-state index in [1.807, 2.05) is 18.2 Å². The van der Waals surface area contributed by atoms with Gasteiger partial charge in [0.2, 0.25) is 0 Å². The van der Waals surface area contributed by atoms with Gasteiger partial charge in [-0.2, -0.15) is 0 Å². The summed E-state index contributed by atoms with van der Waals surface area (Å²) in [6.45, 7) is 1.39. The summed E-state index contributed by atoms with van der Waals surface area (Å²) in [6, 6.07) is 18.6. The molecule has 0 saturated carbocycles. The first-order chi connectivity index (χ1) is 12.7. The van der Waals surface area contributed by atoms with Gasteiger partial charge in [0.15, 0.2) is 0 Å². The fourth-order valence-electron chi connectivity index (χ4n) is 2.97. The van der Waals surface area contributed by atoms with Crippen LogP contribution in [-0.2, 0) is 11.3 Å². The van der Waals surface area contributed by atoms with Crippen molar-refractivity contribution in [2.75, 3.05) is 13.2 Å². The van der Waals surface area contributed by atoms with Crippen LogP contribution in [0.5, 0.6) is 0 Å². The van der Waals surface area contributed by atoms with E-state index < -0.39 is 0 Å². The zero-order valence-corrected chi connectivity index (χ0v) is 14.4. The maximum atomic E-state index is 14.5. The molecule has 0 aliphatic carbocycles. The van der Waals surface area contributed by atoms with Crippen LogP contribution in [0.25, 0.3) is 22.3 Å². The summed E-state index contributed by atoms with van der Waals surface area (Å²) in [4.78, 5) is 0. The molecule has 3 rings (SSSR count). The Balaban J connectivity index is 2.13. The Labute approximate surface area is 152 Å². The van der Waals surface area contributed by atoms with Crippen LogP contribution in [0.2, 0.25) is 0 Å². The minimum absolute atomic E-state index is 0.311. The highest BCUT2D eigenvalue weighted by molar-refractivity contribution is 5.86. The lowest BCUT2D eigenvalue weighted by Gasteiger charge is -2.17. The van der Waals surface area contributed by atoms with Crippen molar-refractivity contribution >= 4 is 0 Å². The summed E-state index contributed by atoms with van der Waals surface area (Å²) >= 11 is 0. The van der Waals surface area contributed by atoms with Gasteiger partial charge in [-0.05, 0) is 41.8 Å². The van der Waals surface area contributed by atoms with Gasteiger partial charge in [-0.3, -0.25) is 0 Å². The minimum atomic E-state index is -0.348. The summed E-state index contributed by atoms with van der Waals surface area (Å²) in [5, 5.41) is 0. The number of halogens is 2. The standard InChI is InChI=1S/C22H21F2NO/c23-20-11-3-1-8-17(20)18-10-5-7-16(15-26-14-6-13-25)22(18)19-9-2-4-12-21(19)24/h1-5,7-12H,6,13-15,25H2. The van der Waals surface area contributed by atoms with Gasteiger partial charge in [-0.15, -0.1) is 0 Å². The Morgan fingerprint density at radius 3 is 2.00 bits per heavy atom. The molecule has 0 unspecified atom stereocenters. The van der Waals surface area contributed by atoms with E-state index in [-0.39, 0.29) is 11.6 Å². The number of hydrogen-bond donors (Lipinski definition) is 1. The van der Waals surface area contributed by atoms with Gasteiger partial charge in [-0.1, -0.05) is 54.6 Å². The fraction of sp³-hybridized carbons (Fsp3) is 0.182. The van der Waals surface area contributed by atoms with Crippen LogP contribution in [0.4, 0.5) is 8.78 Å². The Bertz CT molecular complexity index is 880. The SMILES string of the molecule is NCCCOCc1cccc(-c2ccccc2F)c1-c1ccccc1F. The molecule has 2 N–H and O–H groups in total. The van der Waals surface area contributed by atoms with Crippen molar-refractivity contribution in [2.45, 2.75) is 13.0 Å². The first-order valence-electron chi connectivity index (χ1n) is 8.62. The van der Waals surface area contributed by atoms with Gasteiger partial charge in [0.25, 0.3) is 0 Å². The molecule has 0 atom stereocenters. The number of benzene rings is 3. The van der Waals surface area contributed by atoms with Gasteiger partial charge in [0.05, 0.1) is 6.61 Å². The highest BCUT2D eigenvalue weighted by atomic mass is 19.1. The summed E-state index contributed by atoms with van der Waals surface area (Å²) in [5.41, 5.74) is 8.48. The van der Waals surface area contributed by atoms with Crippen LogP contribution in [0.1, 0.15) is 12.0 Å². The lowest BCUT2D eigenvalue weighted by molar-refractivity contribution is 0.120. The van der Waals surface area contributed by atoms with Crippen molar-refractivity contribution in [3.05, 3.63) is 83.9 Å². The molecule has 0 amide bonds. The molecule has 0 fully saturated rings. The second-order valence-electron chi connectivity index (χ2n) is 5.99. The van der Waals surface area contributed by atoms with E-state index in [1.165, 1.54) is 12.1 Å². The van der Waals surface area contributed by atoms with E-state index in [0.717, 1.165) is 12.0 Å². The summed E-state index contributed by atoms with van der Waals surface area (Å²) < 4.78 is 34.6. The Morgan fingerprint density at radius 2 is 1.35 bits per heavy atom. The summed E-state index contributed by atoms with van der Waals surface area (Å²) in [6.07, 6.45) is 0.752. The smallest absolute Gasteiger partial charge is 0.131 e. The van der Waals surface area contributed by atoms with Crippen molar-refractivity contribution in [3.8, 4) is 22.3 Å². The average Bonchev–Trinajstić information content (AvgIpc) is 2.66. The first-order valence-corrected chi connectivity index (χ1v) is 8.62. The largest absolute Gasteiger partial charge is 0.377 e. The molecule has 2 nitrogen and oxygen atoms in total. The minimum Gasteiger partial charge on any atom is -0.377 e. The molecule has 0 aromatic heterocycles. The lowest BCUT2D eigenvalue weighted by Crippen LogP contribution is -2.05. The first kappa shape index (κ1) is 18.2. The maximum Gasteiger partial charge on any atom is 0.131 e.